The largest absolute Gasteiger partial charge is 0.396 e. The first-order valence-electron chi connectivity index (χ1n) is 3.78. The van der Waals surface area contributed by atoms with Gasteiger partial charge >= 0.3 is 0 Å². The fourth-order valence-corrected chi connectivity index (χ4v) is 0.486. The van der Waals surface area contributed by atoms with Gasteiger partial charge in [-0.2, -0.15) is 0 Å². The van der Waals surface area contributed by atoms with Gasteiger partial charge in [-0.15, -0.1) is 30.3 Å². The summed E-state index contributed by atoms with van der Waals surface area (Å²) in [6.45, 7) is -1.35. The van der Waals surface area contributed by atoms with Crippen LogP contribution in [0.3, 0.4) is 0 Å². The molecular formula is C4H9N3O10. The maximum atomic E-state index is 9.68. The highest BCUT2D eigenvalue weighted by atomic mass is 17.0. The molecule has 0 aliphatic carbocycles. The zero-order chi connectivity index (χ0) is 13.8. The molecule has 0 rings (SSSR count). The highest BCUT2D eigenvalue weighted by molar-refractivity contribution is 4.51. The smallest absolute Gasteiger partial charge is 0.294 e. The van der Waals surface area contributed by atoms with Crippen LogP contribution in [0.4, 0.5) is 0 Å². The second kappa shape index (κ2) is 10.1. The Morgan fingerprint density at radius 3 is 1.47 bits per heavy atom. The van der Waals surface area contributed by atoms with E-state index < -0.39 is 41.0 Å². The van der Waals surface area contributed by atoms with Crippen molar-refractivity contribution in [3.8, 4) is 0 Å². The van der Waals surface area contributed by atoms with Crippen molar-refractivity contribution in [2.45, 2.75) is 0 Å². The predicted octanol–water partition coefficient (Wildman–Crippen LogP) is -1.34. The van der Waals surface area contributed by atoms with Crippen LogP contribution in [-0.4, -0.2) is 45.4 Å². The summed E-state index contributed by atoms with van der Waals surface area (Å²) in [6, 6.07) is 0. The first-order chi connectivity index (χ1) is 7.79. The Hall–Kier alpha value is -2.44. The molecule has 100 valence electrons. The molecule has 0 saturated carbocycles. The van der Waals surface area contributed by atoms with Crippen molar-refractivity contribution in [2.75, 3.05) is 19.8 Å². The third kappa shape index (κ3) is 19.8. The molecular weight excluding hydrogens is 250 g/mol. The van der Waals surface area contributed by atoms with Crippen molar-refractivity contribution >= 4 is 0 Å². The van der Waals surface area contributed by atoms with Gasteiger partial charge in [0.25, 0.3) is 15.3 Å². The van der Waals surface area contributed by atoms with E-state index in [1.54, 1.807) is 0 Å². The third-order valence-corrected chi connectivity index (χ3v) is 1.09. The first-order valence-corrected chi connectivity index (χ1v) is 3.78. The van der Waals surface area contributed by atoms with Crippen molar-refractivity contribution in [3.05, 3.63) is 30.3 Å². The fraction of sp³-hybridized carbons (Fsp3) is 1.00. The van der Waals surface area contributed by atoms with Gasteiger partial charge in [-0.1, -0.05) is 0 Å². The van der Waals surface area contributed by atoms with E-state index in [9.17, 15) is 20.2 Å². The Bertz CT molecular complexity index is 234. The minimum Gasteiger partial charge on any atom is -0.396 e. The summed E-state index contributed by atoms with van der Waals surface area (Å²) in [5.41, 5.74) is 0. The Kier molecular flexibility index (Phi) is 10.1. The lowest BCUT2D eigenvalue weighted by molar-refractivity contribution is -0.768. The van der Waals surface area contributed by atoms with E-state index in [-0.39, 0.29) is 0 Å². The van der Waals surface area contributed by atoms with Crippen LogP contribution in [0.15, 0.2) is 0 Å². The molecule has 0 amide bonds. The van der Waals surface area contributed by atoms with Gasteiger partial charge in [-0.25, -0.2) is 0 Å². The van der Waals surface area contributed by atoms with Crippen molar-refractivity contribution in [2.24, 2.45) is 5.92 Å². The highest BCUT2D eigenvalue weighted by Gasteiger charge is 2.11. The molecule has 0 bridgehead atoms. The van der Waals surface area contributed by atoms with E-state index in [2.05, 4.69) is 9.68 Å². The van der Waals surface area contributed by atoms with Crippen LogP contribution in [0.1, 0.15) is 0 Å². The molecule has 0 aromatic heterocycles. The Labute approximate surface area is 92.5 Å². The topological polar surface area (TPSA) is 188 Å². The molecule has 0 heterocycles. The lowest BCUT2D eigenvalue weighted by Gasteiger charge is -2.10. The maximum absolute atomic E-state index is 9.68. The molecule has 0 saturated heterocycles. The van der Waals surface area contributed by atoms with Crippen molar-refractivity contribution < 1.29 is 35.2 Å². The monoisotopic (exact) mass is 259 g/mol. The first kappa shape index (κ1) is 17.0. The van der Waals surface area contributed by atoms with Crippen LogP contribution >= 0.6 is 0 Å². The summed E-state index contributed by atoms with van der Waals surface area (Å²) in [5, 5.41) is 39.5. The van der Waals surface area contributed by atoms with Crippen LogP contribution in [0.2, 0.25) is 0 Å². The van der Waals surface area contributed by atoms with Gasteiger partial charge in [0.2, 0.25) is 0 Å². The predicted molar refractivity (Wildman–Crippen MR) is 45.2 cm³/mol. The Morgan fingerprint density at radius 1 is 1.00 bits per heavy atom. The van der Waals surface area contributed by atoms with Crippen LogP contribution in [-0.2, 0) is 9.68 Å². The van der Waals surface area contributed by atoms with Crippen LogP contribution < -0.4 is 0 Å². The average molecular weight is 259 g/mol. The van der Waals surface area contributed by atoms with E-state index in [0.29, 0.717) is 0 Å². The van der Waals surface area contributed by atoms with Gasteiger partial charge in [0, 0.05) is 12.5 Å². The quantitative estimate of drug-likeness (QED) is 0.408. The standard InChI is InChI=1S/C4H8N2O7.HNO3/c7-1-4(2-12-5(8)9)3-13-6(10)11;2-1(3)4/h4,7H,1-3H2;(H,2,3,4). The molecule has 0 aliphatic heterocycles. The molecule has 0 atom stereocenters. The van der Waals surface area contributed by atoms with E-state index in [1.807, 2.05) is 0 Å². The molecule has 0 spiro atoms. The molecule has 13 nitrogen and oxygen atoms in total. The molecule has 0 radical (unpaired) electrons. The zero-order valence-corrected chi connectivity index (χ0v) is 8.20. The number of aliphatic hydroxyl groups excluding tert-OH is 1. The second-order valence-corrected chi connectivity index (χ2v) is 2.33. The third-order valence-electron chi connectivity index (χ3n) is 1.09. The van der Waals surface area contributed by atoms with Crippen molar-refractivity contribution in [3.63, 3.8) is 0 Å². The zero-order valence-electron chi connectivity index (χ0n) is 8.20. The molecule has 0 aromatic carbocycles. The molecule has 2 N–H and O–H groups in total. The van der Waals surface area contributed by atoms with E-state index in [0.717, 1.165) is 0 Å². The minimum atomic E-state index is -1.50. The van der Waals surface area contributed by atoms with Gasteiger partial charge in [-0.05, 0) is 0 Å². The van der Waals surface area contributed by atoms with Gasteiger partial charge in [0.1, 0.15) is 13.2 Å². The van der Waals surface area contributed by atoms with Crippen LogP contribution in [0.25, 0.3) is 0 Å². The van der Waals surface area contributed by atoms with E-state index in [1.165, 1.54) is 0 Å². The molecule has 17 heavy (non-hydrogen) atoms. The lowest BCUT2D eigenvalue weighted by Crippen LogP contribution is -2.23. The highest BCUT2D eigenvalue weighted by Crippen LogP contribution is 1.97. The van der Waals surface area contributed by atoms with Crippen LogP contribution in [0.5, 0.6) is 0 Å². The number of hydrogen-bond acceptors (Lipinski definition) is 9. The number of nitrogens with zero attached hydrogens (tertiary/aromatic N) is 3. The number of rotatable bonds is 7. The van der Waals surface area contributed by atoms with Crippen molar-refractivity contribution in [1.82, 2.24) is 0 Å². The maximum Gasteiger partial charge on any atom is 0.294 e. The fourth-order valence-electron chi connectivity index (χ4n) is 0.486. The normalized spacial score (nSPS) is 8.82. The summed E-state index contributed by atoms with van der Waals surface area (Å²) >= 11 is 0. The lowest BCUT2D eigenvalue weighted by atomic mass is 10.2. The summed E-state index contributed by atoms with van der Waals surface area (Å²) in [4.78, 5) is 35.5. The van der Waals surface area contributed by atoms with Gasteiger partial charge in [-0.3, -0.25) is 0 Å². The molecule has 0 fully saturated rings. The Morgan fingerprint density at radius 2 is 1.29 bits per heavy atom. The molecule has 0 aromatic rings. The van der Waals surface area contributed by atoms with Gasteiger partial charge < -0.3 is 20.0 Å². The number of aliphatic hydroxyl groups is 1. The molecule has 0 aliphatic rings. The van der Waals surface area contributed by atoms with Crippen molar-refractivity contribution in [1.29, 1.82) is 0 Å². The van der Waals surface area contributed by atoms with Gasteiger partial charge in [0.15, 0.2) is 0 Å². The van der Waals surface area contributed by atoms with E-state index in [4.69, 9.17) is 20.4 Å². The average Bonchev–Trinajstić information content (AvgIpc) is 2.16. The summed E-state index contributed by atoms with van der Waals surface area (Å²) in [6.07, 6.45) is 0. The SMILES string of the molecule is O=[N+]([O-])O.O=[N+]([O-])OCC(CO)CO[N+](=O)[O-]. The Balaban J connectivity index is 0. The summed E-state index contributed by atoms with van der Waals surface area (Å²) < 4.78 is 0. The molecule has 0 unspecified atom stereocenters. The number of hydrogen-bond donors (Lipinski definition) is 2. The molecule has 13 heteroatoms. The summed E-state index contributed by atoms with van der Waals surface area (Å²) in [5.74, 6) is -0.782. The van der Waals surface area contributed by atoms with Gasteiger partial charge in [0.05, 0.1) is 0 Å². The van der Waals surface area contributed by atoms with E-state index >= 15 is 0 Å². The minimum absolute atomic E-state index is 0.433. The second-order valence-electron chi connectivity index (χ2n) is 2.33. The van der Waals surface area contributed by atoms with Crippen LogP contribution in [0, 0.1) is 36.3 Å². The summed E-state index contributed by atoms with van der Waals surface area (Å²) in [7, 11) is 0.